The number of alkyl halides is 3. The van der Waals surface area contributed by atoms with E-state index in [2.05, 4.69) is 5.32 Å². The summed E-state index contributed by atoms with van der Waals surface area (Å²) < 4.78 is 45.5. The summed E-state index contributed by atoms with van der Waals surface area (Å²) in [6.07, 6.45) is -2.85. The summed E-state index contributed by atoms with van der Waals surface area (Å²) >= 11 is 0. The zero-order valence-electron chi connectivity index (χ0n) is 14.3. The summed E-state index contributed by atoms with van der Waals surface area (Å²) in [6.45, 7) is 3.64. The van der Waals surface area contributed by atoms with Crippen LogP contribution in [0.4, 0.5) is 13.2 Å². The number of hydrogen-bond donors (Lipinski definition) is 1. The second-order valence-corrected chi connectivity index (χ2v) is 6.86. The third-order valence-corrected chi connectivity index (χ3v) is 5.16. The van der Waals surface area contributed by atoms with Crippen LogP contribution in [-0.4, -0.2) is 12.1 Å². The normalized spacial score (nSPS) is 22.8. The van der Waals surface area contributed by atoms with Crippen LogP contribution in [0.1, 0.15) is 50.0 Å². The smallest absolute Gasteiger partial charge is 0.392 e. The molecule has 1 aliphatic rings. The minimum Gasteiger partial charge on any atom is -0.459 e. The molecule has 1 heterocycles. The van der Waals surface area contributed by atoms with E-state index in [0.717, 1.165) is 10.9 Å². The number of halogens is 3. The Morgan fingerprint density at radius 2 is 1.92 bits per heavy atom. The molecule has 6 heteroatoms. The van der Waals surface area contributed by atoms with Crippen molar-refractivity contribution < 1.29 is 22.4 Å². The van der Waals surface area contributed by atoms with Crippen LogP contribution in [0, 0.1) is 18.8 Å². The fraction of sp³-hybridized carbons (Fsp3) is 0.526. The highest BCUT2D eigenvalue weighted by Crippen LogP contribution is 2.42. The van der Waals surface area contributed by atoms with Crippen LogP contribution in [-0.2, 0) is 4.79 Å². The van der Waals surface area contributed by atoms with E-state index in [1.807, 2.05) is 31.2 Å². The van der Waals surface area contributed by atoms with Crippen molar-refractivity contribution in [3.05, 3.63) is 35.6 Å². The molecule has 25 heavy (non-hydrogen) atoms. The standard InChI is InChI=1S/C19H22F3NO2/c1-11-13-7-4-6-10-16(13)25-17(11)12(2)23-18(24)14-8-3-5-9-15(14)19(20,21)22/h4,6-7,10,12,14-15H,3,5,8-9H2,1-2H3,(H,23,24). The Hall–Kier alpha value is -1.98. The van der Waals surface area contributed by atoms with Crippen molar-refractivity contribution in [1.29, 1.82) is 0 Å². The van der Waals surface area contributed by atoms with Crippen LogP contribution in [0.25, 0.3) is 11.0 Å². The molecule has 0 saturated heterocycles. The molecule has 136 valence electrons. The van der Waals surface area contributed by atoms with Crippen molar-refractivity contribution in [3.63, 3.8) is 0 Å². The van der Waals surface area contributed by atoms with Gasteiger partial charge in [-0.3, -0.25) is 4.79 Å². The molecule has 3 nitrogen and oxygen atoms in total. The average molecular weight is 353 g/mol. The predicted molar refractivity (Wildman–Crippen MR) is 89.0 cm³/mol. The number of rotatable bonds is 3. The Morgan fingerprint density at radius 1 is 1.24 bits per heavy atom. The molecule has 1 N–H and O–H groups in total. The van der Waals surface area contributed by atoms with Crippen LogP contribution >= 0.6 is 0 Å². The molecule has 3 atom stereocenters. The molecular weight excluding hydrogens is 331 g/mol. The first-order chi connectivity index (χ1) is 11.8. The van der Waals surface area contributed by atoms with Gasteiger partial charge in [0, 0.05) is 16.9 Å². The van der Waals surface area contributed by atoms with Crippen molar-refractivity contribution in [2.45, 2.75) is 51.7 Å². The fourth-order valence-corrected chi connectivity index (χ4v) is 3.83. The molecule has 0 spiro atoms. The number of amides is 1. The van der Waals surface area contributed by atoms with Gasteiger partial charge in [0.25, 0.3) is 0 Å². The van der Waals surface area contributed by atoms with Gasteiger partial charge in [0.1, 0.15) is 11.3 Å². The van der Waals surface area contributed by atoms with Gasteiger partial charge in [-0.05, 0) is 32.8 Å². The highest BCUT2D eigenvalue weighted by atomic mass is 19.4. The summed E-state index contributed by atoms with van der Waals surface area (Å²) in [5, 5.41) is 3.69. The quantitative estimate of drug-likeness (QED) is 0.815. The Labute approximate surface area is 144 Å². The zero-order chi connectivity index (χ0) is 18.2. The number of carbonyl (C=O) groups excluding carboxylic acids is 1. The van der Waals surface area contributed by atoms with Crippen molar-refractivity contribution in [2.24, 2.45) is 11.8 Å². The third kappa shape index (κ3) is 3.53. The van der Waals surface area contributed by atoms with Gasteiger partial charge < -0.3 is 9.73 Å². The van der Waals surface area contributed by atoms with Crippen molar-refractivity contribution in [2.75, 3.05) is 0 Å². The molecule has 0 aliphatic heterocycles. The van der Waals surface area contributed by atoms with Crippen LogP contribution in [0.15, 0.2) is 28.7 Å². The van der Waals surface area contributed by atoms with E-state index < -0.39 is 30.0 Å². The summed E-state index contributed by atoms with van der Waals surface area (Å²) in [5.41, 5.74) is 1.61. The highest BCUT2D eigenvalue weighted by molar-refractivity contribution is 5.83. The molecule has 1 amide bonds. The summed E-state index contributed by atoms with van der Waals surface area (Å²) in [4.78, 5) is 12.5. The molecule has 1 saturated carbocycles. The lowest BCUT2D eigenvalue weighted by molar-refractivity contribution is -0.198. The van der Waals surface area contributed by atoms with Gasteiger partial charge in [-0.2, -0.15) is 13.2 Å². The summed E-state index contributed by atoms with van der Waals surface area (Å²) in [5.74, 6) is -2.51. The minimum absolute atomic E-state index is 0.0274. The molecule has 1 aliphatic carbocycles. The number of hydrogen-bond acceptors (Lipinski definition) is 2. The predicted octanol–water partition coefficient (Wildman–Crippen LogP) is 5.29. The Morgan fingerprint density at radius 3 is 2.60 bits per heavy atom. The molecule has 0 radical (unpaired) electrons. The number of aryl methyl sites for hydroxylation is 1. The zero-order valence-corrected chi connectivity index (χ0v) is 14.3. The Balaban J connectivity index is 1.78. The lowest BCUT2D eigenvalue weighted by Gasteiger charge is -2.32. The lowest BCUT2D eigenvalue weighted by Crippen LogP contribution is -2.43. The van der Waals surface area contributed by atoms with Crippen molar-refractivity contribution in [1.82, 2.24) is 5.32 Å². The molecular formula is C19H22F3NO2. The van der Waals surface area contributed by atoms with Crippen LogP contribution in [0.2, 0.25) is 0 Å². The van der Waals surface area contributed by atoms with E-state index in [1.54, 1.807) is 6.92 Å². The van der Waals surface area contributed by atoms with Gasteiger partial charge in [-0.25, -0.2) is 0 Å². The number of benzene rings is 1. The van der Waals surface area contributed by atoms with Crippen LogP contribution in [0.3, 0.4) is 0 Å². The Kier molecular flexibility index (Phi) is 4.80. The largest absolute Gasteiger partial charge is 0.459 e. The van der Waals surface area contributed by atoms with Gasteiger partial charge in [-0.15, -0.1) is 0 Å². The van der Waals surface area contributed by atoms with Crippen molar-refractivity contribution >= 4 is 16.9 Å². The molecule has 2 aromatic rings. The minimum atomic E-state index is -4.33. The first-order valence-corrected chi connectivity index (χ1v) is 8.64. The maximum atomic E-state index is 13.2. The molecule has 1 aromatic carbocycles. The number of nitrogens with one attached hydrogen (secondary N) is 1. The highest BCUT2D eigenvalue weighted by Gasteiger charge is 2.48. The summed E-state index contributed by atoms with van der Waals surface area (Å²) in [6, 6.07) is 7.03. The van der Waals surface area contributed by atoms with E-state index in [4.69, 9.17) is 4.42 Å². The third-order valence-electron chi connectivity index (χ3n) is 5.16. The number of carbonyl (C=O) groups is 1. The maximum absolute atomic E-state index is 13.2. The Bertz CT molecular complexity index is 766. The molecule has 1 aromatic heterocycles. The molecule has 3 rings (SSSR count). The van der Waals surface area contributed by atoms with Crippen LogP contribution in [0.5, 0.6) is 0 Å². The SMILES string of the molecule is Cc1c(C(C)NC(=O)C2CCCCC2C(F)(F)F)oc2ccccc12. The van der Waals surface area contributed by atoms with Gasteiger partial charge in [0.05, 0.1) is 12.0 Å². The topological polar surface area (TPSA) is 42.2 Å². The van der Waals surface area contributed by atoms with Gasteiger partial charge in [0.2, 0.25) is 5.91 Å². The number of furan rings is 1. The van der Waals surface area contributed by atoms with E-state index in [0.29, 0.717) is 24.2 Å². The maximum Gasteiger partial charge on any atom is 0.392 e. The van der Waals surface area contributed by atoms with E-state index in [1.165, 1.54) is 0 Å². The number of para-hydroxylation sites is 1. The molecule has 3 unspecified atom stereocenters. The number of fused-ring (bicyclic) bond motifs is 1. The second kappa shape index (κ2) is 6.73. The van der Waals surface area contributed by atoms with Gasteiger partial charge in [-0.1, -0.05) is 31.0 Å². The molecule has 1 fully saturated rings. The molecule has 0 bridgehead atoms. The average Bonchev–Trinajstić information content (AvgIpc) is 2.91. The van der Waals surface area contributed by atoms with Gasteiger partial charge >= 0.3 is 6.18 Å². The second-order valence-electron chi connectivity index (χ2n) is 6.86. The van der Waals surface area contributed by atoms with E-state index in [9.17, 15) is 18.0 Å². The lowest BCUT2D eigenvalue weighted by atomic mass is 9.78. The first-order valence-electron chi connectivity index (χ1n) is 8.64. The van der Waals surface area contributed by atoms with Gasteiger partial charge in [0.15, 0.2) is 0 Å². The van der Waals surface area contributed by atoms with Crippen LogP contribution < -0.4 is 5.32 Å². The fourth-order valence-electron chi connectivity index (χ4n) is 3.83. The van der Waals surface area contributed by atoms with Crippen molar-refractivity contribution in [3.8, 4) is 0 Å². The summed E-state index contributed by atoms with van der Waals surface area (Å²) in [7, 11) is 0. The van der Waals surface area contributed by atoms with E-state index in [-0.39, 0.29) is 12.8 Å². The first kappa shape index (κ1) is 17.8. The van der Waals surface area contributed by atoms with E-state index >= 15 is 0 Å². The monoisotopic (exact) mass is 353 g/mol.